The number of hydrogen-bond acceptors (Lipinski definition) is 3. The van der Waals surface area contributed by atoms with Crippen LogP contribution in [0.2, 0.25) is 0 Å². The van der Waals surface area contributed by atoms with E-state index in [1.54, 1.807) is 0 Å². The molecule has 2 aliphatic carbocycles. The predicted octanol–water partition coefficient (Wildman–Crippen LogP) is 10.1. The summed E-state index contributed by atoms with van der Waals surface area (Å²) in [5, 5.41) is 25.8. The first-order valence-electron chi connectivity index (χ1n) is 17.7. The predicted molar refractivity (Wildman–Crippen MR) is 186 cm³/mol. The van der Waals surface area contributed by atoms with Gasteiger partial charge in [-0.1, -0.05) is 98.6 Å². The first kappa shape index (κ1) is 37.9. The standard InChI is InChI=1S/C26H50O2.C15H10N.Ir/c1-15(2)22(16(3)4)20-13-9-11-19-12-10-14-21(23(17(5)6)18(7)8)26(28)24(19)25(20)27;1-2-6-12(7-3-1)15-10-13-8-4-5-9-14(13)11-16-15;/h15-28H,9-14H2,1-8H3;1-6,8-11H;/q;-1;/t19?,20-,21-,24?,25?,26?;;/m1../s1. The maximum atomic E-state index is 11.7. The van der Waals surface area contributed by atoms with E-state index in [-0.39, 0.29) is 38.2 Å². The molecule has 3 nitrogen and oxygen atoms in total. The van der Waals surface area contributed by atoms with Gasteiger partial charge in [-0.15, -0.1) is 35.9 Å². The number of aliphatic hydroxyl groups is 2. The Morgan fingerprint density at radius 2 is 1.16 bits per heavy atom. The van der Waals surface area contributed by atoms with Gasteiger partial charge >= 0.3 is 0 Å². The molecule has 0 bridgehead atoms. The van der Waals surface area contributed by atoms with Gasteiger partial charge < -0.3 is 15.2 Å². The van der Waals surface area contributed by atoms with E-state index in [1.165, 1.54) is 36.5 Å². The summed E-state index contributed by atoms with van der Waals surface area (Å²) in [6.07, 6.45) is 8.29. The van der Waals surface area contributed by atoms with Crippen molar-refractivity contribution < 1.29 is 30.3 Å². The average Bonchev–Trinajstić information content (AvgIpc) is 3.24. The van der Waals surface area contributed by atoms with Gasteiger partial charge in [-0.2, -0.15) is 0 Å². The molecule has 4 atom stereocenters. The Kier molecular flexibility index (Phi) is 14.8. The number of aromatic nitrogens is 1. The van der Waals surface area contributed by atoms with Gasteiger partial charge in [-0.25, -0.2) is 0 Å². The molecule has 1 heterocycles. The molecule has 0 amide bonds. The molecule has 251 valence electrons. The van der Waals surface area contributed by atoms with Crippen LogP contribution in [0, 0.1) is 65.2 Å². The SMILES string of the molecule is CC(C)C(C(C)C)[C@H]1CCCC2CCC[C@H](C(C(C)C)C(C)C)C(O)C2C1O.[Ir].[c-]1ccccc1-c1cc2ccccc2cn1. The molecule has 3 aromatic rings. The summed E-state index contributed by atoms with van der Waals surface area (Å²) in [5.41, 5.74) is 2.01. The summed E-state index contributed by atoms with van der Waals surface area (Å²) >= 11 is 0. The monoisotopic (exact) mass is 791 g/mol. The van der Waals surface area contributed by atoms with E-state index in [1.807, 2.05) is 42.6 Å². The Labute approximate surface area is 288 Å². The molecule has 45 heavy (non-hydrogen) atoms. The molecular weight excluding hydrogens is 731 g/mol. The quantitative estimate of drug-likeness (QED) is 0.235. The number of aliphatic hydroxyl groups excluding tert-OH is 2. The molecule has 4 heteroatoms. The summed E-state index contributed by atoms with van der Waals surface area (Å²) < 4.78 is 0. The van der Waals surface area contributed by atoms with Crippen molar-refractivity contribution in [2.45, 2.75) is 106 Å². The topological polar surface area (TPSA) is 53.4 Å². The Morgan fingerprint density at radius 1 is 0.667 bits per heavy atom. The van der Waals surface area contributed by atoms with Gasteiger partial charge in [0.05, 0.1) is 12.2 Å². The Bertz CT molecular complexity index is 1220. The minimum absolute atomic E-state index is 0. The van der Waals surface area contributed by atoms with Crippen LogP contribution < -0.4 is 0 Å². The van der Waals surface area contributed by atoms with Crippen molar-refractivity contribution in [1.82, 2.24) is 4.98 Å². The molecule has 2 saturated carbocycles. The summed E-state index contributed by atoms with van der Waals surface area (Å²) in [7, 11) is 0. The number of nitrogens with zero attached hydrogens (tertiary/aromatic N) is 1. The van der Waals surface area contributed by atoms with Crippen LogP contribution >= 0.6 is 0 Å². The van der Waals surface area contributed by atoms with Gasteiger partial charge in [0, 0.05) is 32.2 Å². The van der Waals surface area contributed by atoms with Gasteiger partial charge in [0.2, 0.25) is 0 Å². The van der Waals surface area contributed by atoms with Gasteiger partial charge in [-0.3, -0.25) is 0 Å². The average molecular weight is 791 g/mol. The second-order valence-electron chi connectivity index (χ2n) is 15.3. The molecule has 2 N–H and O–H groups in total. The van der Waals surface area contributed by atoms with Crippen molar-refractivity contribution in [3.63, 3.8) is 0 Å². The zero-order chi connectivity index (χ0) is 32.0. The van der Waals surface area contributed by atoms with Crippen LogP contribution in [0.4, 0.5) is 0 Å². The maximum absolute atomic E-state index is 11.7. The van der Waals surface area contributed by atoms with Crippen LogP contribution in [0.15, 0.2) is 60.8 Å². The van der Waals surface area contributed by atoms with Crippen molar-refractivity contribution in [3.05, 3.63) is 66.9 Å². The molecular formula is C41H60IrNO2-. The third-order valence-electron chi connectivity index (χ3n) is 11.1. The zero-order valence-corrected chi connectivity index (χ0v) is 31.5. The van der Waals surface area contributed by atoms with Gasteiger partial charge in [0.15, 0.2) is 0 Å². The van der Waals surface area contributed by atoms with E-state index in [4.69, 9.17) is 0 Å². The van der Waals surface area contributed by atoms with Gasteiger partial charge in [0.1, 0.15) is 0 Å². The Balaban J connectivity index is 0.000000273. The molecule has 1 aromatic heterocycles. The number of rotatable bonds is 7. The largest absolute Gasteiger partial charge is 0.392 e. The fraction of sp³-hybridized carbons (Fsp3) is 0.634. The van der Waals surface area contributed by atoms with E-state index in [0.29, 0.717) is 53.3 Å². The second-order valence-corrected chi connectivity index (χ2v) is 15.3. The summed E-state index contributed by atoms with van der Waals surface area (Å²) in [6, 6.07) is 21.4. The Morgan fingerprint density at radius 3 is 1.62 bits per heavy atom. The van der Waals surface area contributed by atoms with Crippen molar-refractivity contribution in [1.29, 1.82) is 0 Å². The van der Waals surface area contributed by atoms with E-state index in [2.05, 4.69) is 84.6 Å². The fourth-order valence-electron chi connectivity index (χ4n) is 9.57. The normalized spacial score (nSPS) is 25.6. The molecule has 2 unspecified atom stereocenters. The van der Waals surface area contributed by atoms with Crippen LogP contribution in [-0.2, 0) is 20.1 Å². The van der Waals surface area contributed by atoms with Crippen molar-refractivity contribution in [2.75, 3.05) is 0 Å². The van der Waals surface area contributed by atoms with Crippen LogP contribution in [-0.4, -0.2) is 27.4 Å². The third-order valence-corrected chi connectivity index (χ3v) is 11.1. The zero-order valence-electron chi connectivity index (χ0n) is 29.1. The summed E-state index contributed by atoms with van der Waals surface area (Å²) in [5.74, 6) is 4.62. The van der Waals surface area contributed by atoms with E-state index in [0.717, 1.165) is 24.1 Å². The third kappa shape index (κ3) is 9.28. The maximum Gasteiger partial charge on any atom is 0.0626 e. The van der Waals surface area contributed by atoms with Crippen molar-refractivity contribution >= 4 is 10.8 Å². The number of pyridine rings is 1. The first-order valence-corrected chi connectivity index (χ1v) is 17.7. The van der Waals surface area contributed by atoms with E-state index >= 15 is 0 Å². The molecule has 2 aliphatic rings. The second kappa shape index (κ2) is 17.5. The van der Waals surface area contributed by atoms with Crippen molar-refractivity contribution in [3.8, 4) is 11.3 Å². The molecule has 0 saturated heterocycles. The van der Waals surface area contributed by atoms with E-state index < -0.39 is 0 Å². The van der Waals surface area contributed by atoms with Gasteiger partial charge in [-0.05, 0) is 95.4 Å². The van der Waals surface area contributed by atoms with E-state index in [9.17, 15) is 10.2 Å². The number of fused-ring (bicyclic) bond motifs is 2. The number of hydrogen-bond donors (Lipinski definition) is 2. The van der Waals surface area contributed by atoms with Crippen molar-refractivity contribution in [2.24, 2.45) is 59.2 Å². The Hall–Kier alpha value is -1.58. The molecule has 2 fully saturated rings. The minimum Gasteiger partial charge on any atom is -0.392 e. The van der Waals surface area contributed by atoms with Crippen LogP contribution in [0.25, 0.3) is 22.0 Å². The number of benzene rings is 2. The summed E-state index contributed by atoms with van der Waals surface area (Å²) in [6.45, 7) is 18.6. The smallest absolute Gasteiger partial charge is 0.0626 e. The van der Waals surface area contributed by atoms with Crippen LogP contribution in [0.1, 0.15) is 93.9 Å². The molecule has 2 aromatic carbocycles. The molecule has 1 radical (unpaired) electrons. The molecule has 5 rings (SSSR count). The fourth-order valence-corrected chi connectivity index (χ4v) is 9.57. The minimum atomic E-state index is -0.349. The van der Waals surface area contributed by atoms with Crippen LogP contribution in [0.5, 0.6) is 0 Å². The molecule has 0 spiro atoms. The first-order chi connectivity index (χ1) is 21.0. The summed E-state index contributed by atoms with van der Waals surface area (Å²) in [4.78, 5) is 4.45. The molecule has 0 aliphatic heterocycles. The van der Waals surface area contributed by atoms with Gasteiger partial charge in [0.25, 0.3) is 0 Å². The van der Waals surface area contributed by atoms with Crippen LogP contribution in [0.3, 0.4) is 0 Å².